The van der Waals surface area contributed by atoms with Crippen LogP contribution in [0, 0.1) is 11.3 Å². The number of anilines is 1. The third-order valence-electron chi connectivity index (χ3n) is 3.75. The van der Waals surface area contributed by atoms with Crippen molar-refractivity contribution in [1.82, 2.24) is 4.90 Å². The Morgan fingerprint density at radius 1 is 1.50 bits per heavy atom. The van der Waals surface area contributed by atoms with Crippen LogP contribution in [0.25, 0.3) is 0 Å². The molecule has 0 aliphatic carbocycles. The molecule has 1 saturated heterocycles. The number of hydrogen-bond acceptors (Lipinski definition) is 3. The molecule has 0 N–H and O–H groups in total. The highest BCUT2D eigenvalue weighted by Crippen LogP contribution is 2.28. The molecule has 1 aromatic rings. The van der Waals surface area contributed by atoms with Crippen LogP contribution < -0.4 is 4.90 Å². The number of nitriles is 1. The molecule has 20 heavy (non-hydrogen) atoms. The van der Waals surface area contributed by atoms with Gasteiger partial charge in [0.05, 0.1) is 12.5 Å². The Hall–Kier alpha value is -1.54. The molecule has 0 radical (unpaired) electrons. The van der Waals surface area contributed by atoms with E-state index in [9.17, 15) is 4.79 Å². The van der Waals surface area contributed by atoms with Crippen molar-refractivity contribution in [3.05, 3.63) is 28.7 Å². The second-order valence-electron chi connectivity index (χ2n) is 5.16. The molecular formula is C15H18BrN3O. The van der Waals surface area contributed by atoms with Crippen molar-refractivity contribution in [3.8, 4) is 6.07 Å². The highest BCUT2D eigenvalue weighted by molar-refractivity contribution is 9.10. The van der Waals surface area contributed by atoms with Gasteiger partial charge in [-0.25, -0.2) is 0 Å². The highest BCUT2D eigenvalue weighted by atomic mass is 79.9. The van der Waals surface area contributed by atoms with Gasteiger partial charge >= 0.3 is 0 Å². The standard InChI is InChI=1S/C15H18BrN3O/c1-11-7-9-18(2)15(20)14(6-8-17)19(11)13-5-3-4-12(16)10-13/h3-5,10-11,14H,6-7,9H2,1-2H3. The summed E-state index contributed by atoms with van der Waals surface area (Å²) in [6.45, 7) is 2.84. The topological polar surface area (TPSA) is 47.3 Å². The Morgan fingerprint density at radius 3 is 2.90 bits per heavy atom. The minimum absolute atomic E-state index is 0.0240. The molecule has 4 nitrogen and oxygen atoms in total. The van der Waals surface area contributed by atoms with Gasteiger partial charge in [0, 0.05) is 29.8 Å². The fourth-order valence-corrected chi connectivity index (χ4v) is 3.04. The van der Waals surface area contributed by atoms with Crippen molar-refractivity contribution in [3.63, 3.8) is 0 Å². The second-order valence-corrected chi connectivity index (χ2v) is 6.08. The molecule has 0 aromatic heterocycles. The number of carbonyl (C=O) groups excluding carboxylic acids is 1. The first-order valence-corrected chi connectivity index (χ1v) is 7.49. The minimum atomic E-state index is -0.406. The predicted molar refractivity (Wildman–Crippen MR) is 82.4 cm³/mol. The zero-order valence-electron chi connectivity index (χ0n) is 11.7. The van der Waals surface area contributed by atoms with Gasteiger partial charge in [-0.1, -0.05) is 22.0 Å². The van der Waals surface area contributed by atoms with Gasteiger partial charge in [-0.3, -0.25) is 4.79 Å². The number of rotatable bonds is 2. The summed E-state index contributed by atoms with van der Waals surface area (Å²) >= 11 is 3.47. The number of likely N-dealkylation sites (N-methyl/N-ethyl adjacent to an activating group) is 1. The molecule has 2 atom stereocenters. The summed E-state index contributed by atoms with van der Waals surface area (Å²) in [6, 6.07) is 9.86. The summed E-state index contributed by atoms with van der Waals surface area (Å²) in [5.41, 5.74) is 0.982. The normalized spacial score (nSPS) is 23.4. The number of nitrogens with zero attached hydrogens (tertiary/aromatic N) is 3. The van der Waals surface area contributed by atoms with Gasteiger partial charge in [0.2, 0.25) is 5.91 Å². The zero-order valence-corrected chi connectivity index (χ0v) is 13.3. The van der Waals surface area contributed by atoms with Crippen molar-refractivity contribution >= 4 is 27.5 Å². The van der Waals surface area contributed by atoms with E-state index >= 15 is 0 Å². The smallest absolute Gasteiger partial charge is 0.246 e. The first-order valence-electron chi connectivity index (χ1n) is 6.70. The van der Waals surface area contributed by atoms with Crippen LogP contribution in [0.1, 0.15) is 19.8 Å². The monoisotopic (exact) mass is 335 g/mol. The van der Waals surface area contributed by atoms with Gasteiger partial charge in [-0.05, 0) is 31.5 Å². The van der Waals surface area contributed by atoms with Crippen LogP contribution in [-0.4, -0.2) is 36.5 Å². The van der Waals surface area contributed by atoms with Crippen LogP contribution in [-0.2, 0) is 4.79 Å². The molecule has 1 amide bonds. The lowest BCUT2D eigenvalue weighted by atomic mass is 10.1. The summed E-state index contributed by atoms with van der Waals surface area (Å²) < 4.78 is 0.975. The summed E-state index contributed by atoms with van der Waals surface area (Å²) in [6.07, 6.45) is 1.11. The van der Waals surface area contributed by atoms with Crippen LogP contribution in [0.5, 0.6) is 0 Å². The fraction of sp³-hybridized carbons (Fsp3) is 0.467. The first-order chi connectivity index (χ1) is 9.54. The molecule has 5 heteroatoms. The predicted octanol–water partition coefficient (Wildman–Crippen LogP) is 2.79. The van der Waals surface area contributed by atoms with Gasteiger partial charge in [0.25, 0.3) is 0 Å². The van der Waals surface area contributed by atoms with Gasteiger partial charge in [0.15, 0.2) is 0 Å². The van der Waals surface area contributed by atoms with Crippen molar-refractivity contribution < 1.29 is 4.79 Å². The average molecular weight is 336 g/mol. The molecule has 106 valence electrons. The van der Waals surface area contributed by atoms with Crippen LogP contribution in [0.2, 0.25) is 0 Å². The highest BCUT2D eigenvalue weighted by Gasteiger charge is 2.34. The van der Waals surface area contributed by atoms with E-state index in [-0.39, 0.29) is 18.4 Å². The van der Waals surface area contributed by atoms with Gasteiger partial charge in [-0.15, -0.1) is 0 Å². The summed E-state index contributed by atoms with van der Waals surface area (Å²) in [4.78, 5) is 16.3. The van der Waals surface area contributed by atoms with Crippen molar-refractivity contribution in [1.29, 1.82) is 5.26 Å². The SMILES string of the molecule is CC1CCN(C)C(=O)C(CC#N)N1c1cccc(Br)c1. The molecule has 1 aromatic carbocycles. The number of halogens is 1. The van der Waals surface area contributed by atoms with E-state index in [1.54, 1.807) is 4.90 Å². The summed E-state index contributed by atoms with van der Waals surface area (Å²) in [7, 11) is 1.81. The number of carbonyl (C=O) groups is 1. The Bertz CT molecular complexity index is 540. The largest absolute Gasteiger partial charge is 0.356 e. The third-order valence-corrected chi connectivity index (χ3v) is 4.24. The number of benzene rings is 1. The zero-order chi connectivity index (χ0) is 14.7. The van der Waals surface area contributed by atoms with Crippen molar-refractivity contribution in [2.45, 2.75) is 31.8 Å². The lowest BCUT2D eigenvalue weighted by Gasteiger charge is -2.34. The van der Waals surface area contributed by atoms with Crippen molar-refractivity contribution in [2.24, 2.45) is 0 Å². The Kier molecular flexibility index (Phi) is 4.66. The summed E-state index contributed by atoms with van der Waals surface area (Å²) in [5.74, 6) is 0.0240. The quantitative estimate of drug-likeness (QED) is 0.834. The second kappa shape index (κ2) is 6.27. The third kappa shape index (κ3) is 2.96. The lowest BCUT2D eigenvalue weighted by molar-refractivity contribution is -0.130. The molecule has 1 fully saturated rings. The number of hydrogen-bond donors (Lipinski definition) is 0. The minimum Gasteiger partial charge on any atom is -0.356 e. The molecular weight excluding hydrogens is 318 g/mol. The van der Waals surface area contributed by atoms with Gasteiger partial charge in [-0.2, -0.15) is 5.26 Å². The molecule has 2 rings (SSSR count). The molecule has 2 unspecified atom stereocenters. The fourth-order valence-electron chi connectivity index (χ4n) is 2.65. The molecule has 1 aliphatic rings. The molecule has 1 aliphatic heterocycles. The number of amides is 1. The maximum Gasteiger partial charge on any atom is 0.246 e. The van der Waals surface area contributed by atoms with E-state index in [2.05, 4.69) is 33.8 Å². The maximum absolute atomic E-state index is 12.5. The van der Waals surface area contributed by atoms with Gasteiger partial charge in [0.1, 0.15) is 6.04 Å². The van der Waals surface area contributed by atoms with Crippen molar-refractivity contribution in [2.75, 3.05) is 18.5 Å². The molecule has 0 spiro atoms. The first kappa shape index (κ1) is 14.9. The Balaban J connectivity index is 2.43. The van der Waals surface area contributed by atoms with Crippen LogP contribution >= 0.6 is 15.9 Å². The van der Waals surface area contributed by atoms with E-state index < -0.39 is 6.04 Å². The van der Waals surface area contributed by atoms with E-state index in [0.717, 1.165) is 23.1 Å². The van der Waals surface area contributed by atoms with Crippen LogP contribution in [0.4, 0.5) is 5.69 Å². The molecule has 0 saturated carbocycles. The Morgan fingerprint density at radius 2 is 2.25 bits per heavy atom. The molecule has 0 bridgehead atoms. The molecule has 1 heterocycles. The van der Waals surface area contributed by atoms with Crippen LogP contribution in [0.15, 0.2) is 28.7 Å². The maximum atomic E-state index is 12.5. The van der Waals surface area contributed by atoms with Crippen LogP contribution in [0.3, 0.4) is 0 Å². The summed E-state index contributed by atoms with van der Waals surface area (Å²) in [5, 5.41) is 9.06. The van der Waals surface area contributed by atoms with Gasteiger partial charge < -0.3 is 9.80 Å². The Labute approximate surface area is 128 Å². The van der Waals surface area contributed by atoms with E-state index in [4.69, 9.17) is 5.26 Å². The van der Waals surface area contributed by atoms with E-state index in [1.807, 2.05) is 31.3 Å². The average Bonchev–Trinajstić information content (AvgIpc) is 2.52. The lowest BCUT2D eigenvalue weighted by Crippen LogP contribution is -2.47. The van der Waals surface area contributed by atoms with E-state index in [1.165, 1.54) is 0 Å². The van der Waals surface area contributed by atoms with E-state index in [0.29, 0.717) is 0 Å².